The number of carbonyl (C=O) groups excluding carboxylic acids is 1. The fourth-order valence-corrected chi connectivity index (χ4v) is 3.80. The summed E-state index contributed by atoms with van der Waals surface area (Å²) in [5.41, 5.74) is 3.75. The van der Waals surface area contributed by atoms with Crippen LogP contribution in [0.4, 0.5) is 5.69 Å². The third-order valence-corrected chi connectivity index (χ3v) is 5.37. The second-order valence-electron chi connectivity index (χ2n) is 7.58. The molecule has 1 amide bonds. The number of aromatic nitrogens is 1. The number of fused-ring (bicyclic) bond motifs is 1. The lowest BCUT2D eigenvalue weighted by Gasteiger charge is -2.07. The lowest BCUT2D eigenvalue weighted by molar-refractivity contribution is -0.112. The predicted molar refractivity (Wildman–Crippen MR) is 132 cm³/mol. The van der Waals surface area contributed by atoms with E-state index in [4.69, 9.17) is 4.74 Å². The molecule has 0 atom stereocenters. The van der Waals surface area contributed by atoms with Crippen molar-refractivity contribution in [3.8, 4) is 17.9 Å². The lowest BCUT2D eigenvalue weighted by atomic mass is 10.1. The third-order valence-electron chi connectivity index (χ3n) is 5.37. The molecule has 6 heteroatoms. The molecule has 0 unspecified atom stereocenters. The highest BCUT2D eigenvalue weighted by Gasteiger charge is 2.14. The van der Waals surface area contributed by atoms with Gasteiger partial charge in [0.2, 0.25) is 0 Å². The van der Waals surface area contributed by atoms with E-state index in [9.17, 15) is 15.3 Å². The molecule has 0 bridgehead atoms. The Morgan fingerprint density at radius 3 is 2.65 bits per heavy atom. The van der Waals surface area contributed by atoms with Crippen molar-refractivity contribution < 1.29 is 9.53 Å². The Morgan fingerprint density at radius 2 is 1.85 bits per heavy atom. The molecule has 0 aliphatic rings. The van der Waals surface area contributed by atoms with Crippen LogP contribution in [-0.2, 0) is 11.3 Å². The van der Waals surface area contributed by atoms with E-state index in [2.05, 4.69) is 11.4 Å². The van der Waals surface area contributed by atoms with Crippen LogP contribution in [-0.4, -0.2) is 17.1 Å². The second kappa shape index (κ2) is 10.2. The topological polar surface area (TPSA) is 90.8 Å². The van der Waals surface area contributed by atoms with E-state index in [0.29, 0.717) is 30.2 Å². The minimum Gasteiger partial charge on any atom is -0.494 e. The van der Waals surface area contributed by atoms with E-state index >= 15 is 0 Å². The number of rotatable bonds is 7. The molecule has 1 N–H and O–H groups in total. The molecule has 0 aliphatic heterocycles. The average Bonchev–Trinajstić information content (AvgIpc) is 3.20. The van der Waals surface area contributed by atoms with Gasteiger partial charge < -0.3 is 14.6 Å². The smallest absolute Gasteiger partial charge is 0.266 e. The van der Waals surface area contributed by atoms with Gasteiger partial charge in [-0.05, 0) is 42.8 Å². The van der Waals surface area contributed by atoms with Gasteiger partial charge in [-0.1, -0.05) is 42.5 Å². The normalized spacial score (nSPS) is 11.0. The van der Waals surface area contributed by atoms with Crippen molar-refractivity contribution >= 4 is 28.6 Å². The average molecular weight is 447 g/mol. The van der Waals surface area contributed by atoms with E-state index in [-0.39, 0.29) is 5.57 Å². The summed E-state index contributed by atoms with van der Waals surface area (Å²) in [4.78, 5) is 12.8. The number of nitrogens with one attached hydrogen (secondary N) is 1. The van der Waals surface area contributed by atoms with Crippen molar-refractivity contribution in [3.63, 3.8) is 0 Å². The molecule has 166 valence electrons. The highest BCUT2D eigenvalue weighted by Crippen LogP contribution is 2.26. The first-order chi connectivity index (χ1) is 16.6. The maximum Gasteiger partial charge on any atom is 0.266 e. The molecule has 34 heavy (non-hydrogen) atoms. The monoisotopic (exact) mass is 446 g/mol. The summed E-state index contributed by atoms with van der Waals surface area (Å²) >= 11 is 0. The zero-order valence-electron chi connectivity index (χ0n) is 18.7. The first-order valence-electron chi connectivity index (χ1n) is 10.8. The molecule has 0 saturated heterocycles. The third kappa shape index (κ3) is 4.82. The molecular weight excluding hydrogens is 424 g/mol. The standard InChI is InChI=1S/C28H22N4O2/c1-2-34-25-11-7-10-24(15-25)31-28(33)22(17-30)14-23-19-32(27-13-6-5-12-26(23)27)18-21-9-4-3-8-20(21)16-29/h3-15,19H,2,18H2,1H3,(H,31,33)/b22-14-. The lowest BCUT2D eigenvalue weighted by Crippen LogP contribution is -2.13. The van der Waals surface area contributed by atoms with Crippen molar-refractivity contribution in [1.29, 1.82) is 10.5 Å². The molecule has 3 aromatic carbocycles. The van der Waals surface area contributed by atoms with Gasteiger partial charge in [0, 0.05) is 41.0 Å². The van der Waals surface area contributed by atoms with Crippen LogP contribution in [0.5, 0.6) is 5.75 Å². The van der Waals surface area contributed by atoms with E-state index < -0.39 is 5.91 Å². The number of ether oxygens (including phenoxy) is 1. The van der Waals surface area contributed by atoms with Gasteiger partial charge in [-0.15, -0.1) is 0 Å². The quantitative estimate of drug-likeness (QED) is 0.299. The van der Waals surface area contributed by atoms with Crippen molar-refractivity contribution in [2.45, 2.75) is 13.5 Å². The van der Waals surface area contributed by atoms with Crippen LogP contribution in [0.25, 0.3) is 17.0 Å². The van der Waals surface area contributed by atoms with Gasteiger partial charge in [-0.25, -0.2) is 0 Å². The van der Waals surface area contributed by atoms with Gasteiger partial charge in [0.05, 0.1) is 18.2 Å². The molecule has 0 saturated carbocycles. The van der Waals surface area contributed by atoms with Gasteiger partial charge in [0.1, 0.15) is 17.4 Å². The van der Waals surface area contributed by atoms with Crippen molar-refractivity contribution in [3.05, 3.63) is 101 Å². The van der Waals surface area contributed by atoms with E-state index in [1.165, 1.54) is 0 Å². The van der Waals surface area contributed by atoms with E-state index in [0.717, 1.165) is 22.0 Å². The van der Waals surface area contributed by atoms with Crippen LogP contribution < -0.4 is 10.1 Å². The number of nitrogens with zero attached hydrogens (tertiary/aromatic N) is 3. The number of benzene rings is 3. The number of hydrogen-bond acceptors (Lipinski definition) is 4. The van der Waals surface area contributed by atoms with Gasteiger partial charge in [-0.2, -0.15) is 10.5 Å². The van der Waals surface area contributed by atoms with Crippen LogP contribution in [0.2, 0.25) is 0 Å². The Hall–Kier alpha value is -4.81. The molecular formula is C28H22N4O2. The number of carbonyl (C=O) groups is 1. The largest absolute Gasteiger partial charge is 0.494 e. The Labute approximate surface area is 197 Å². The summed E-state index contributed by atoms with van der Waals surface area (Å²) < 4.78 is 7.50. The number of hydrogen-bond donors (Lipinski definition) is 1. The minimum atomic E-state index is -0.497. The van der Waals surface area contributed by atoms with E-state index in [1.807, 2.05) is 66.2 Å². The Kier molecular flexibility index (Phi) is 6.72. The molecule has 0 aliphatic carbocycles. The van der Waals surface area contributed by atoms with Gasteiger partial charge in [0.25, 0.3) is 5.91 Å². The fraction of sp³-hybridized carbons (Fsp3) is 0.107. The van der Waals surface area contributed by atoms with Gasteiger partial charge in [0.15, 0.2) is 0 Å². The second-order valence-corrected chi connectivity index (χ2v) is 7.58. The zero-order chi connectivity index (χ0) is 23.9. The Morgan fingerprint density at radius 1 is 1.06 bits per heavy atom. The van der Waals surface area contributed by atoms with Crippen LogP contribution in [0.1, 0.15) is 23.6 Å². The Bertz CT molecular complexity index is 1470. The number of para-hydroxylation sites is 1. The first-order valence-corrected chi connectivity index (χ1v) is 10.8. The SMILES string of the molecule is CCOc1cccc(NC(=O)/C(C#N)=C\c2cn(Cc3ccccc3C#N)c3ccccc23)c1. The minimum absolute atomic E-state index is 0.0119. The highest BCUT2D eigenvalue weighted by molar-refractivity contribution is 6.10. The number of nitriles is 2. The van der Waals surface area contributed by atoms with Crippen molar-refractivity contribution in [1.82, 2.24) is 4.57 Å². The summed E-state index contributed by atoms with van der Waals surface area (Å²) in [5.74, 6) is 0.145. The molecule has 4 rings (SSSR count). The molecule has 0 fully saturated rings. The maximum absolute atomic E-state index is 12.8. The van der Waals surface area contributed by atoms with Crippen molar-refractivity contribution in [2.24, 2.45) is 0 Å². The van der Waals surface area contributed by atoms with E-state index in [1.54, 1.807) is 36.4 Å². The fourth-order valence-electron chi connectivity index (χ4n) is 3.80. The molecule has 6 nitrogen and oxygen atoms in total. The summed E-state index contributed by atoms with van der Waals surface area (Å²) in [7, 11) is 0. The highest BCUT2D eigenvalue weighted by atomic mass is 16.5. The van der Waals surface area contributed by atoms with Crippen LogP contribution in [0, 0.1) is 22.7 Å². The summed E-state index contributed by atoms with van der Waals surface area (Å²) in [6.07, 6.45) is 3.50. The number of anilines is 1. The zero-order valence-corrected chi connectivity index (χ0v) is 18.7. The molecule has 1 aromatic heterocycles. The van der Waals surface area contributed by atoms with Crippen LogP contribution in [0.3, 0.4) is 0 Å². The molecule has 0 radical (unpaired) electrons. The van der Waals surface area contributed by atoms with Crippen LogP contribution in [0.15, 0.2) is 84.6 Å². The van der Waals surface area contributed by atoms with Crippen molar-refractivity contribution in [2.75, 3.05) is 11.9 Å². The van der Waals surface area contributed by atoms with Gasteiger partial charge in [-0.3, -0.25) is 4.79 Å². The number of amides is 1. The summed E-state index contributed by atoms with van der Waals surface area (Å²) in [6, 6.07) is 26.5. The summed E-state index contributed by atoms with van der Waals surface area (Å²) in [5, 5.41) is 22.8. The van der Waals surface area contributed by atoms with Gasteiger partial charge >= 0.3 is 0 Å². The predicted octanol–water partition coefficient (Wildman–Crippen LogP) is 5.51. The van der Waals surface area contributed by atoms with Crippen LogP contribution >= 0.6 is 0 Å². The molecule has 0 spiro atoms. The molecule has 4 aromatic rings. The maximum atomic E-state index is 12.8. The first kappa shape index (κ1) is 22.4. The Balaban J connectivity index is 1.67. The summed E-state index contributed by atoms with van der Waals surface area (Å²) in [6.45, 7) is 2.90. The molecule has 1 heterocycles.